The number of amides is 1. The molecule has 2 aromatic rings. The second-order valence-electron chi connectivity index (χ2n) is 7.41. The monoisotopic (exact) mass is 343 g/mol. The Bertz CT molecular complexity index is 744. The summed E-state index contributed by atoms with van der Waals surface area (Å²) in [5, 5.41) is 2.88. The highest BCUT2D eigenvalue weighted by Gasteiger charge is 2.23. The molecular weight excluding hydrogens is 318 g/mol. The number of alkyl carbamates (subject to hydrolysis) is 1. The minimum absolute atomic E-state index is 0.358. The highest BCUT2D eigenvalue weighted by Crippen LogP contribution is 2.22. The fraction of sp³-hybridized carbons (Fsp3) is 0.556. The maximum absolute atomic E-state index is 11.8. The number of rotatable bonds is 3. The number of pyridine rings is 1. The third kappa shape index (κ3) is 4.78. The number of ether oxygens (including phenoxy) is 1. The molecule has 134 valence electrons. The van der Waals surface area contributed by atoms with E-state index in [2.05, 4.69) is 25.2 Å². The Morgan fingerprint density at radius 2 is 2.12 bits per heavy atom. The van der Waals surface area contributed by atoms with Gasteiger partial charge in [0.2, 0.25) is 0 Å². The predicted octanol–water partition coefficient (Wildman–Crippen LogP) is 2.77. The number of fused-ring (bicyclic) bond motifs is 1. The number of carbonyl (C=O) groups is 1. The van der Waals surface area contributed by atoms with Gasteiger partial charge in [0.25, 0.3) is 0 Å². The van der Waals surface area contributed by atoms with Crippen LogP contribution in [0.1, 0.15) is 33.6 Å². The van der Waals surface area contributed by atoms with Crippen LogP contribution in [0.4, 0.5) is 10.6 Å². The fourth-order valence-electron chi connectivity index (χ4n) is 3.00. The fourth-order valence-corrected chi connectivity index (χ4v) is 3.00. The molecule has 1 atom stereocenters. The van der Waals surface area contributed by atoms with Gasteiger partial charge in [-0.15, -0.1) is 0 Å². The van der Waals surface area contributed by atoms with Crippen molar-refractivity contribution in [2.75, 3.05) is 24.5 Å². The van der Waals surface area contributed by atoms with Gasteiger partial charge >= 0.3 is 6.09 Å². The average molecular weight is 343 g/mol. The predicted molar refractivity (Wildman–Crippen MR) is 96.5 cm³/mol. The van der Waals surface area contributed by atoms with Crippen LogP contribution in [-0.2, 0) is 4.74 Å². The molecule has 1 fully saturated rings. The van der Waals surface area contributed by atoms with Gasteiger partial charge in [-0.25, -0.2) is 14.8 Å². The van der Waals surface area contributed by atoms with Crippen molar-refractivity contribution in [3.63, 3.8) is 0 Å². The molecule has 1 saturated heterocycles. The summed E-state index contributed by atoms with van der Waals surface area (Å²) in [6.45, 7) is 8.02. The molecule has 1 aliphatic heterocycles. The van der Waals surface area contributed by atoms with E-state index < -0.39 is 5.60 Å². The first-order valence-electron chi connectivity index (χ1n) is 8.70. The van der Waals surface area contributed by atoms with E-state index in [0.717, 1.165) is 37.3 Å². The number of carbonyl (C=O) groups excluding carboxylic acids is 1. The third-order valence-corrected chi connectivity index (χ3v) is 4.09. The third-order valence-electron chi connectivity index (χ3n) is 4.09. The van der Waals surface area contributed by atoms with Crippen molar-refractivity contribution >= 4 is 23.1 Å². The van der Waals surface area contributed by atoms with Gasteiger partial charge in [0, 0.05) is 32.0 Å². The second-order valence-corrected chi connectivity index (χ2v) is 7.41. The van der Waals surface area contributed by atoms with Gasteiger partial charge in [0.1, 0.15) is 16.9 Å². The van der Waals surface area contributed by atoms with Crippen LogP contribution in [0.25, 0.3) is 11.2 Å². The molecule has 0 radical (unpaired) electrons. The summed E-state index contributed by atoms with van der Waals surface area (Å²) in [5.74, 6) is 1.29. The molecule has 0 spiro atoms. The normalized spacial score (nSPS) is 18.2. The van der Waals surface area contributed by atoms with E-state index in [1.807, 2.05) is 32.9 Å². The van der Waals surface area contributed by atoms with Gasteiger partial charge in [-0.2, -0.15) is 0 Å². The summed E-state index contributed by atoms with van der Waals surface area (Å²) < 4.78 is 5.30. The zero-order valence-electron chi connectivity index (χ0n) is 15.0. The van der Waals surface area contributed by atoms with Crippen LogP contribution in [0.5, 0.6) is 0 Å². The van der Waals surface area contributed by atoms with E-state index in [1.165, 1.54) is 0 Å². The number of hydrogen-bond acceptors (Lipinski definition) is 6. The first-order valence-corrected chi connectivity index (χ1v) is 8.70. The maximum Gasteiger partial charge on any atom is 0.407 e. The maximum atomic E-state index is 11.8. The van der Waals surface area contributed by atoms with E-state index in [9.17, 15) is 4.79 Å². The molecule has 0 saturated carbocycles. The zero-order chi connectivity index (χ0) is 17.9. The standard InChI is InChI=1S/C18H25N5O2/c1-18(2,3)25-17(24)21-11-13-5-4-10-23(12-13)15-7-6-14-16(22-15)20-9-8-19-14/h6-9,13H,4-5,10-12H2,1-3H3,(H,21,24). The number of hydrogen-bond donors (Lipinski definition) is 1. The lowest BCUT2D eigenvalue weighted by molar-refractivity contribution is 0.0517. The molecule has 7 heteroatoms. The van der Waals surface area contributed by atoms with Gasteiger partial charge in [-0.3, -0.25) is 4.98 Å². The van der Waals surface area contributed by atoms with Gasteiger partial charge in [0.15, 0.2) is 5.65 Å². The van der Waals surface area contributed by atoms with Gasteiger partial charge in [-0.05, 0) is 51.7 Å². The Morgan fingerprint density at radius 1 is 1.32 bits per heavy atom. The largest absolute Gasteiger partial charge is 0.444 e. The molecule has 0 aromatic carbocycles. The molecule has 25 heavy (non-hydrogen) atoms. The van der Waals surface area contributed by atoms with Crippen molar-refractivity contribution in [3.05, 3.63) is 24.5 Å². The molecular formula is C18H25N5O2. The average Bonchev–Trinajstić information content (AvgIpc) is 2.58. The quantitative estimate of drug-likeness (QED) is 0.923. The topological polar surface area (TPSA) is 80.2 Å². The number of aromatic nitrogens is 3. The van der Waals surface area contributed by atoms with Gasteiger partial charge < -0.3 is 15.0 Å². The Morgan fingerprint density at radius 3 is 2.92 bits per heavy atom. The van der Waals surface area contributed by atoms with Crippen LogP contribution >= 0.6 is 0 Å². The number of piperidine rings is 1. The lowest BCUT2D eigenvalue weighted by Crippen LogP contribution is -2.42. The van der Waals surface area contributed by atoms with Gasteiger partial charge in [-0.1, -0.05) is 0 Å². The van der Waals surface area contributed by atoms with Crippen molar-refractivity contribution in [1.82, 2.24) is 20.3 Å². The Kier molecular flexibility index (Phi) is 5.01. The molecule has 3 heterocycles. The summed E-state index contributed by atoms with van der Waals surface area (Å²) in [4.78, 5) is 27.2. The van der Waals surface area contributed by atoms with Gasteiger partial charge in [0.05, 0.1) is 0 Å². The van der Waals surface area contributed by atoms with Crippen LogP contribution in [0.15, 0.2) is 24.5 Å². The van der Waals surface area contributed by atoms with Crippen molar-refractivity contribution < 1.29 is 9.53 Å². The van der Waals surface area contributed by atoms with Crippen LogP contribution < -0.4 is 10.2 Å². The second kappa shape index (κ2) is 7.21. The highest BCUT2D eigenvalue weighted by molar-refractivity contribution is 5.71. The summed E-state index contributed by atoms with van der Waals surface area (Å²) in [5.41, 5.74) is 0.985. The van der Waals surface area contributed by atoms with Crippen molar-refractivity contribution in [2.24, 2.45) is 5.92 Å². The van der Waals surface area contributed by atoms with Crippen molar-refractivity contribution in [2.45, 2.75) is 39.2 Å². The minimum Gasteiger partial charge on any atom is -0.444 e. The minimum atomic E-state index is -0.473. The summed E-state index contributed by atoms with van der Waals surface area (Å²) in [7, 11) is 0. The number of nitrogens with zero attached hydrogens (tertiary/aromatic N) is 4. The lowest BCUT2D eigenvalue weighted by Gasteiger charge is -2.33. The van der Waals surface area contributed by atoms with E-state index in [-0.39, 0.29) is 6.09 Å². The zero-order valence-corrected chi connectivity index (χ0v) is 15.0. The molecule has 1 aliphatic rings. The molecule has 0 aliphatic carbocycles. The molecule has 1 amide bonds. The molecule has 2 aromatic heterocycles. The molecule has 0 bridgehead atoms. The van der Waals surface area contributed by atoms with E-state index >= 15 is 0 Å². The Hall–Kier alpha value is -2.44. The first-order chi connectivity index (χ1) is 11.9. The van der Waals surface area contributed by atoms with Crippen LogP contribution in [0, 0.1) is 5.92 Å². The van der Waals surface area contributed by atoms with Crippen molar-refractivity contribution in [1.29, 1.82) is 0 Å². The summed E-state index contributed by atoms with van der Waals surface area (Å²) in [6, 6.07) is 3.94. The molecule has 7 nitrogen and oxygen atoms in total. The van der Waals surface area contributed by atoms with E-state index in [0.29, 0.717) is 18.1 Å². The SMILES string of the molecule is CC(C)(C)OC(=O)NCC1CCCN(c2ccc3nccnc3n2)C1. The van der Waals surface area contributed by atoms with E-state index in [1.54, 1.807) is 12.4 Å². The van der Waals surface area contributed by atoms with E-state index in [4.69, 9.17) is 4.74 Å². The van der Waals surface area contributed by atoms with Crippen LogP contribution in [0.3, 0.4) is 0 Å². The van der Waals surface area contributed by atoms with Crippen LogP contribution in [-0.4, -0.2) is 46.3 Å². The smallest absolute Gasteiger partial charge is 0.407 e. The highest BCUT2D eigenvalue weighted by atomic mass is 16.6. The van der Waals surface area contributed by atoms with Crippen molar-refractivity contribution in [3.8, 4) is 0 Å². The lowest BCUT2D eigenvalue weighted by atomic mass is 9.98. The summed E-state index contributed by atoms with van der Waals surface area (Å²) in [6.07, 6.45) is 5.12. The van der Waals surface area contributed by atoms with Crippen LogP contribution in [0.2, 0.25) is 0 Å². The first kappa shape index (κ1) is 17.4. The number of nitrogens with one attached hydrogen (secondary N) is 1. The number of anilines is 1. The summed E-state index contributed by atoms with van der Waals surface area (Å²) >= 11 is 0. The molecule has 3 rings (SSSR count). The Labute approximate surface area is 147 Å². The Balaban J connectivity index is 1.59. The molecule has 1 N–H and O–H groups in total. The molecule has 1 unspecified atom stereocenters.